The first-order valence-corrected chi connectivity index (χ1v) is 15.9. The molecule has 4 bridgehead atoms. The van der Waals surface area contributed by atoms with E-state index in [1.54, 1.807) is 12.3 Å². The molecule has 0 amide bonds. The number of carbonyl (C=O) groups excluding carboxylic acids is 1. The van der Waals surface area contributed by atoms with Gasteiger partial charge >= 0.3 is 5.97 Å². The molecule has 1 unspecified atom stereocenters. The van der Waals surface area contributed by atoms with Crippen molar-refractivity contribution in [2.24, 2.45) is 11.8 Å². The fraction of sp³-hybridized carbons (Fsp3) is 0.657. The van der Waals surface area contributed by atoms with Crippen LogP contribution in [-0.4, -0.2) is 34.4 Å². The first-order chi connectivity index (χ1) is 19.7. The second kappa shape index (κ2) is 18.9. The van der Waals surface area contributed by atoms with Gasteiger partial charge in [-0.15, -0.1) is 0 Å². The average molecular weight is 570 g/mol. The summed E-state index contributed by atoms with van der Waals surface area (Å²) in [6.07, 6.45) is 19.7. The number of aliphatic hydroxyl groups excluding tert-OH is 1. The number of rotatable bonds is 3. The van der Waals surface area contributed by atoms with Crippen LogP contribution < -0.4 is 0 Å². The quantitative estimate of drug-likeness (QED) is 0.289. The predicted molar refractivity (Wildman–Crippen MR) is 167 cm³/mol. The normalized spacial score (nSPS) is 29.8. The molecule has 1 aromatic rings. The van der Waals surface area contributed by atoms with Gasteiger partial charge in [0.1, 0.15) is 24.2 Å². The summed E-state index contributed by atoms with van der Waals surface area (Å²) in [6, 6.07) is 0. The van der Waals surface area contributed by atoms with Crippen molar-refractivity contribution >= 4 is 12.0 Å². The van der Waals surface area contributed by atoms with Crippen LogP contribution in [0.4, 0.5) is 0 Å². The number of cyclic esters (lactones) is 1. The highest BCUT2D eigenvalue weighted by Crippen LogP contribution is 2.33. The lowest BCUT2D eigenvalue weighted by Gasteiger charge is -2.30. The van der Waals surface area contributed by atoms with Crippen molar-refractivity contribution in [2.75, 3.05) is 0 Å². The van der Waals surface area contributed by atoms with E-state index in [1.807, 2.05) is 32.9 Å². The number of hydrogen-bond acceptors (Lipinski definition) is 6. The Balaban J connectivity index is 0.00000287. The van der Waals surface area contributed by atoms with Crippen molar-refractivity contribution in [3.63, 3.8) is 0 Å². The van der Waals surface area contributed by atoms with Gasteiger partial charge < -0.3 is 19.0 Å². The minimum absolute atomic E-state index is 0.00576. The average Bonchev–Trinajstić information content (AvgIpc) is 3.43. The van der Waals surface area contributed by atoms with Gasteiger partial charge in [-0.05, 0) is 102 Å². The van der Waals surface area contributed by atoms with Crippen molar-refractivity contribution in [1.29, 1.82) is 0 Å². The van der Waals surface area contributed by atoms with Gasteiger partial charge in [0.25, 0.3) is 0 Å². The molecule has 1 saturated heterocycles. The van der Waals surface area contributed by atoms with E-state index >= 15 is 0 Å². The number of hydrogen-bond donors (Lipinski definition) is 1. The lowest BCUT2D eigenvalue weighted by Crippen LogP contribution is -2.31. The summed E-state index contributed by atoms with van der Waals surface area (Å²) in [4.78, 5) is 17.4. The molecule has 1 fully saturated rings. The zero-order valence-corrected chi connectivity index (χ0v) is 26.4. The third kappa shape index (κ3) is 12.5. The van der Waals surface area contributed by atoms with Crippen LogP contribution >= 0.6 is 0 Å². The second-order valence-electron chi connectivity index (χ2n) is 11.6. The van der Waals surface area contributed by atoms with Crippen molar-refractivity contribution < 1.29 is 23.8 Å². The van der Waals surface area contributed by atoms with E-state index in [1.165, 1.54) is 5.57 Å². The first kappa shape index (κ1) is 34.8. The van der Waals surface area contributed by atoms with Crippen LogP contribution in [0.3, 0.4) is 0 Å². The SMILES string of the molecule is C=C1CCC/C=C\C(=O)OC([C@@H](C)C/C(C)=C/C)[C@@H](C)CC/C=C/c2nc(co2)[C@H]2CCC[C@@H](C[C@H](O)C1)O2.CC. The van der Waals surface area contributed by atoms with Gasteiger partial charge in [-0.1, -0.05) is 63.6 Å². The number of oxazole rings is 1. The summed E-state index contributed by atoms with van der Waals surface area (Å²) in [5.41, 5.74) is 3.14. The molecule has 6 heteroatoms. The van der Waals surface area contributed by atoms with Crippen LogP contribution in [0.25, 0.3) is 6.08 Å². The number of carbonyl (C=O) groups is 1. The lowest BCUT2D eigenvalue weighted by atomic mass is 9.86. The Morgan fingerprint density at radius 1 is 1.17 bits per heavy atom. The first-order valence-electron chi connectivity index (χ1n) is 15.9. The Hall–Kier alpha value is -2.44. The van der Waals surface area contributed by atoms with Crippen molar-refractivity contribution in [2.45, 2.75) is 137 Å². The van der Waals surface area contributed by atoms with Crippen LogP contribution in [0.1, 0.15) is 130 Å². The monoisotopic (exact) mass is 569 g/mol. The van der Waals surface area contributed by atoms with Crippen molar-refractivity contribution in [3.8, 4) is 0 Å². The maximum atomic E-state index is 12.7. The van der Waals surface area contributed by atoms with Gasteiger partial charge in [0.2, 0.25) is 5.89 Å². The molecule has 0 aliphatic carbocycles. The molecule has 6 atom stereocenters. The molecule has 0 saturated carbocycles. The molecule has 6 nitrogen and oxygen atoms in total. The fourth-order valence-corrected chi connectivity index (χ4v) is 5.70. The van der Waals surface area contributed by atoms with Gasteiger partial charge in [0.15, 0.2) is 0 Å². The summed E-state index contributed by atoms with van der Waals surface area (Å²) in [5, 5.41) is 10.7. The molecule has 2 aliphatic heterocycles. The minimum Gasteiger partial charge on any atom is -0.459 e. The number of aliphatic hydroxyl groups is 1. The summed E-state index contributed by atoms with van der Waals surface area (Å²) >= 11 is 0. The Morgan fingerprint density at radius 2 is 1.93 bits per heavy atom. The van der Waals surface area contributed by atoms with Crippen LogP contribution in [0.5, 0.6) is 0 Å². The lowest BCUT2D eigenvalue weighted by molar-refractivity contribution is -0.148. The van der Waals surface area contributed by atoms with Crippen LogP contribution in [0.2, 0.25) is 0 Å². The number of esters is 1. The van der Waals surface area contributed by atoms with E-state index in [2.05, 4.69) is 44.5 Å². The molecule has 3 rings (SSSR count). The number of nitrogens with zero attached hydrogens (tertiary/aromatic N) is 1. The van der Waals surface area contributed by atoms with Gasteiger partial charge in [0, 0.05) is 6.08 Å². The topological polar surface area (TPSA) is 81.8 Å². The highest BCUT2D eigenvalue weighted by atomic mass is 16.5. The third-order valence-electron chi connectivity index (χ3n) is 7.99. The van der Waals surface area contributed by atoms with E-state index in [4.69, 9.17) is 13.9 Å². The van der Waals surface area contributed by atoms with Gasteiger partial charge in [-0.25, -0.2) is 9.78 Å². The smallest absolute Gasteiger partial charge is 0.330 e. The molecule has 41 heavy (non-hydrogen) atoms. The predicted octanol–water partition coefficient (Wildman–Crippen LogP) is 9.08. The maximum absolute atomic E-state index is 12.7. The van der Waals surface area contributed by atoms with Crippen LogP contribution in [0.15, 0.2) is 52.7 Å². The Kier molecular flexibility index (Phi) is 16.0. The van der Waals surface area contributed by atoms with E-state index in [9.17, 15) is 9.90 Å². The fourth-order valence-electron chi connectivity index (χ4n) is 5.70. The minimum atomic E-state index is -0.476. The summed E-state index contributed by atoms with van der Waals surface area (Å²) in [7, 11) is 0. The van der Waals surface area contributed by atoms with Gasteiger partial charge in [-0.2, -0.15) is 0 Å². The second-order valence-corrected chi connectivity index (χ2v) is 11.6. The highest BCUT2D eigenvalue weighted by Gasteiger charge is 2.28. The van der Waals surface area contributed by atoms with Crippen LogP contribution in [0, 0.1) is 11.8 Å². The van der Waals surface area contributed by atoms with E-state index in [0.29, 0.717) is 18.7 Å². The van der Waals surface area contributed by atoms with Crippen LogP contribution in [-0.2, 0) is 14.3 Å². The van der Waals surface area contributed by atoms with Crippen molar-refractivity contribution in [3.05, 3.63) is 59.9 Å². The Bertz CT molecular complexity index is 1010. The Morgan fingerprint density at radius 3 is 2.68 bits per heavy atom. The zero-order valence-electron chi connectivity index (χ0n) is 26.4. The van der Waals surface area contributed by atoms with Gasteiger partial charge in [-0.3, -0.25) is 0 Å². The zero-order chi connectivity index (χ0) is 30.2. The largest absolute Gasteiger partial charge is 0.459 e. The van der Waals surface area contributed by atoms with Crippen molar-refractivity contribution in [1.82, 2.24) is 4.98 Å². The number of aromatic nitrogens is 1. The van der Waals surface area contributed by atoms with E-state index in [-0.39, 0.29) is 36.1 Å². The van der Waals surface area contributed by atoms with E-state index in [0.717, 1.165) is 69.1 Å². The number of fused-ring (bicyclic) bond motifs is 5. The van der Waals surface area contributed by atoms with Gasteiger partial charge in [0.05, 0.1) is 12.2 Å². The maximum Gasteiger partial charge on any atom is 0.330 e. The molecular weight excluding hydrogens is 514 g/mol. The molecule has 1 N–H and O–H groups in total. The molecule has 0 aromatic carbocycles. The third-order valence-corrected chi connectivity index (χ3v) is 7.99. The molecule has 1 aromatic heterocycles. The number of ether oxygens (including phenoxy) is 2. The number of allylic oxidation sites excluding steroid dienone is 4. The molecular formula is C35H55NO5. The van der Waals surface area contributed by atoms with E-state index < -0.39 is 6.10 Å². The molecule has 230 valence electrons. The summed E-state index contributed by atoms with van der Waals surface area (Å²) in [6.45, 7) is 16.7. The molecule has 2 aliphatic rings. The summed E-state index contributed by atoms with van der Waals surface area (Å²) < 4.78 is 18.1. The Labute approximate surface area is 249 Å². The highest BCUT2D eigenvalue weighted by molar-refractivity contribution is 5.82. The molecule has 3 heterocycles. The molecule has 0 spiro atoms. The standard InChI is InChI=1S/C33H49NO5.C2H6/c1-6-23(2)19-26(5)33-25(4)14-10-11-17-31-34-29(22-37-31)30-16-12-15-28(38-30)21-27(35)20-24(3)13-8-7-9-18-32(36)39-33;1-2/h6,9,11,17-18,22,25-28,30,33,35H,3,7-8,10,12-16,19-21H2,1-2,4-5H3;1-2H3/b17-11+,18-9-,23-6+;/t25-,26-,27+,28-,30+,33?;/m0./s1. The summed E-state index contributed by atoms with van der Waals surface area (Å²) in [5.74, 6) is 0.716. The molecule has 0 radical (unpaired) electrons.